The van der Waals surface area contributed by atoms with Gasteiger partial charge < -0.3 is 10.0 Å². The first kappa shape index (κ1) is 13.5. The number of hydrogen-bond donors (Lipinski definition) is 2. The molecule has 3 aromatic rings. The molecule has 0 aliphatic rings. The SMILES string of the molecule is O=c1n(Cc2ccc(F)cc2B(O)O)nc2ccccn12. The molecule has 2 aromatic heterocycles. The Kier molecular flexibility index (Phi) is 3.32. The van der Waals surface area contributed by atoms with Crippen LogP contribution in [0.4, 0.5) is 4.39 Å². The number of nitrogens with zero attached hydrogens (tertiary/aromatic N) is 3. The fraction of sp³-hybridized carbons (Fsp3) is 0.0769. The van der Waals surface area contributed by atoms with Crippen LogP contribution < -0.4 is 11.2 Å². The Labute approximate surface area is 118 Å². The van der Waals surface area contributed by atoms with Gasteiger partial charge in [0, 0.05) is 6.20 Å². The number of aromatic nitrogens is 3. The molecule has 0 amide bonds. The Hall–Kier alpha value is -2.45. The lowest BCUT2D eigenvalue weighted by Crippen LogP contribution is -2.35. The third-order valence-corrected chi connectivity index (χ3v) is 3.19. The van der Waals surface area contributed by atoms with Crippen molar-refractivity contribution in [2.24, 2.45) is 0 Å². The minimum Gasteiger partial charge on any atom is -0.423 e. The highest BCUT2D eigenvalue weighted by Gasteiger charge is 2.18. The molecule has 3 rings (SSSR count). The summed E-state index contributed by atoms with van der Waals surface area (Å²) in [5.74, 6) is -0.579. The third-order valence-electron chi connectivity index (χ3n) is 3.19. The van der Waals surface area contributed by atoms with E-state index in [1.54, 1.807) is 24.4 Å². The van der Waals surface area contributed by atoms with Crippen LogP contribution in [-0.4, -0.2) is 31.3 Å². The average Bonchev–Trinajstić information content (AvgIpc) is 2.78. The molecule has 0 aliphatic heterocycles. The van der Waals surface area contributed by atoms with E-state index in [-0.39, 0.29) is 17.7 Å². The number of halogens is 1. The van der Waals surface area contributed by atoms with Crippen molar-refractivity contribution in [1.82, 2.24) is 14.2 Å². The maximum absolute atomic E-state index is 13.2. The van der Waals surface area contributed by atoms with Crippen LogP contribution in [0.25, 0.3) is 5.65 Å². The zero-order chi connectivity index (χ0) is 15.0. The van der Waals surface area contributed by atoms with E-state index in [1.807, 2.05) is 0 Å². The van der Waals surface area contributed by atoms with Gasteiger partial charge in [0.1, 0.15) is 5.82 Å². The summed E-state index contributed by atoms with van der Waals surface area (Å²) in [6.07, 6.45) is 1.59. The molecule has 21 heavy (non-hydrogen) atoms. The summed E-state index contributed by atoms with van der Waals surface area (Å²) in [7, 11) is -1.82. The van der Waals surface area contributed by atoms with Crippen molar-refractivity contribution in [2.45, 2.75) is 6.54 Å². The van der Waals surface area contributed by atoms with Crippen LogP contribution in [0.3, 0.4) is 0 Å². The molecule has 6 nitrogen and oxygen atoms in total. The maximum Gasteiger partial charge on any atom is 0.488 e. The first-order valence-corrected chi connectivity index (χ1v) is 6.25. The highest BCUT2D eigenvalue weighted by Crippen LogP contribution is 2.04. The third kappa shape index (κ3) is 2.46. The van der Waals surface area contributed by atoms with E-state index >= 15 is 0 Å². The van der Waals surface area contributed by atoms with Gasteiger partial charge in [-0.3, -0.25) is 4.40 Å². The Bertz CT molecular complexity index is 859. The first-order chi connectivity index (χ1) is 10.1. The van der Waals surface area contributed by atoms with Crippen LogP contribution in [0.15, 0.2) is 47.4 Å². The molecule has 2 heterocycles. The van der Waals surface area contributed by atoms with E-state index in [9.17, 15) is 19.2 Å². The molecule has 0 spiro atoms. The minimum absolute atomic E-state index is 0.0129. The van der Waals surface area contributed by atoms with E-state index in [0.717, 1.165) is 6.07 Å². The van der Waals surface area contributed by atoms with Crippen molar-refractivity contribution in [2.75, 3.05) is 0 Å². The van der Waals surface area contributed by atoms with Crippen LogP contribution in [0.2, 0.25) is 0 Å². The molecule has 0 radical (unpaired) electrons. The predicted octanol–water partition coefficient (Wildman–Crippen LogP) is -0.637. The van der Waals surface area contributed by atoms with Crippen LogP contribution in [0, 0.1) is 5.82 Å². The monoisotopic (exact) mass is 287 g/mol. The molecule has 0 atom stereocenters. The lowest BCUT2D eigenvalue weighted by molar-refractivity contribution is 0.424. The van der Waals surface area contributed by atoms with Crippen molar-refractivity contribution >= 4 is 18.2 Å². The quantitative estimate of drug-likeness (QED) is 0.628. The first-order valence-electron chi connectivity index (χ1n) is 6.25. The van der Waals surface area contributed by atoms with Gasteiger partial charge in [-0.25, -0.2) is 13.9 Å². The number of benzene rings is 1. The second-order valence-electron chi connectivity index (χ2n) is 4.59. The molecule has 106 valence electrons. The van der Waals surface area contributed by atoms with Crippen LogP contribution in [-0.2, 0) is 6.54 Å². The Morgan fingerprint density at radius 2 is 2.05 bits per heavy atom. The molecular weight excluding hydrogens is 276 g/mol. The van der Waals surface area contributed by atoms with E-state index < -0.39 is 12.9 Å². The number of hydrogen-bond acceptors (Lipinski definition) is 4. The van der Waals surface area contributed by atoms with E-state index in [0.29, 0.717) is 11.2 Å². The largest absolute Gasteiger partial charge is 0.488 e. The smallest absolute Gasteiger partial charge is 0.423 e. The summed E-state index contributed by atoms with van der Waals surface area (Å²) in [6.45, 7) is 0.0216. The van der Waals surface area contributed by atoms with Crippen molar-refractivity contribution < 1.29 is 14.4 Å². The summed E-state index contributed by atoms with van der Waals surface area (Å²) < 4.78 is 15.7. The van der Waals surface area contributed by atoms with Gasteiger partial charge >= 0.3 is 12.8 Å². The summed E-state index contributed by atoms with van der Waals surface area (Å²) in [5.41, 5.74) is 0.555. The molecule has 0 saturated carbocycles. The van der Waals surface area contributed by atoms with E-state index in [1.165, 1.54) is 21.2 Å². The number of rotatable bonds is 3. The van der Waals surface area contributed by atoms with Gasteiger partial charge in [0.25, 0.3) is 0 Å². The number of fused-ring (bicyclic) bond motifs is 1. The topological polar surface area (TPSA) is 79.8 Å². The molecule has 1 aromatic carbocycles. The second-order valence-corrected chi connectivity index (χ2v) is 4.59. The summed E-state index contributed by atoms with van der Waals surface area (Å²) >= 11 is 0. The average molecular weight is 287 g/mol. The fourth-order valence-corrected chi connectivity index (χ4v) is 2.18. The minimum atomic E-state index is -1.82. The zero-order valence-electron chi connectivity index (χ0n) is 10.8. The summed E-state index contributed by atoms with van der Waals surface area (Å²) in [6, 6.07) is 8.78. The van der Waals surface area contributed by atoms with Gasteiger partial charge in [0.15, 0.2) is 5.65 Å². The van der Waals surface area contributed by atoms with Crippen LogP contribution in [0.5, 0.6) is 0 Å². The van der Waals surface area contributed by atoms with Gasteiger partial charge in [-0.2, -0.15) is 0 Å². The summed E-state index contributed by atoms with van der Waals surface area (Å²) in [4.78, 5) is 12.1. The highest BCUT2D eigenvalue weighted by atomic mass is 19.1. The fourth-order valence-electron chi connectivity index (χ4n) is 2.18. The molecule has 0 fully saturated rings. The standard InChI is InChI=1S/C13H11BFN3O3/c15-10-5-4-9(11(7-10)14(20)21)8-18-13(19)17-6-2-1-3-12(17)16-18/h1-7,20-21H,8H2. The lowest BCUT2D eigenvalue weighted by atomic mass is 9.77. The van der Waals surface area contributed by atoms with E-state index in [4.69, 9.17) is 0 Å². The maximum atomic E-state index is 13.2. The van der Waals surface area contributed by atoms with Gasteiger partial charge in [0.05, 0.1) is 6.54 Å². The normalized spacial score (nSPS) is 11.0. The van der Waals surface area contributed by atoms with Gasteiger partial charge in [-0.1, -0.05) is 12.1 Å². The van der Waals surface area contributed by atoms with Crippen molar-refractivity contribution in [3.05, 3.63) is 64.5 Å². The molecule has 2 N–H and O–H groups in total. The van der Waals surface area contributed by atoms with Crippen LogP contribution >= 0.6 is 0 Å². The summed E-state index contributed by atoms with van der Waals surface area (Å²) in [5, 5.41) is 22.7. The molecule has 0 unspecified atom stereocenters. The number of pyridine rings is 1. The molecule has 0 saturated heterocycles. The van der Waals surface area contributed by atoms with Crippen molar-refractivity contribution in [3.63, 3.8) is 0 Å². The van der Waals surface area contributed by atoms with Crippen LogP contribution in [0.1, 0.15) is 5.56 Å². The predicted molar refractivity (Wildman–Crippen MR) is 74.8 cm³/mol. The second kappa shape index (κ2) is 5.15. The van der Waals surface area contributed by atoms with E-state index in [2.05, 4.69) is 5.10 Å². The van der Waals surface area contributed by atoms with Gasteiger partial charge in [-0.05, 0) is 35.3 Å². The lowest BCUT2D eigenvalue weighted by Gasteiger charge is -2.08. The molecule has 0 bridgehead atoms. The van der Waals surface area contributed by atoms with Crippen molar-refractivity contribution in [3.8, 4) is 0 Å². The van der Waals surface area contributed by atoms with Crippen molar-refractivity contribution in [1.29, 1.82) is 0 Å². The Morgan fingerprint density at radius 3 is 2.76 bits per heavy atom. The molecular formula is C13H11BFN3O3. The highest BCUT2D eigenvalue weighted by molar-refractivity contribution is 6.59. The van der Waals surface area contributed by atoms with Gasteiger partial charge in [0.2, 0.25) is 0 Å². The Morgan fingerprint density at radius 1 is 1.24 bits per heavy atom. The van der Waals surface area contributed by atoms with Gasteiger partial charge in [-0.15, -0.1) is 5.10 Å². The molecule has 0 aliphatic carbocycles. The Balaban J connectivity index is 2.07. The molecule has 8 heteroatoms. The zero-order valence-corrected chi connectivity index (χ0v) is 10.8.